The van der Waals surface area contributed by atoms with Crippen LogP contribution in [0.3, 0.4) is 0 Å². The molecule has 2 atom stereocenters. The molecule has 0 aliphatic carbocycles. The number of amides is 1. The molecule has 10 heteroatoms. The highest BCUT2D eigenvalue weighted by atomic mass is 32.3. The van der Waals surface area contributed by atoms with Gasteiger partial charge in [0.15, 0.2) is 0 Å². The number of ether oxygens (including phenoxy) is 1. The van der Waals surface area contributed by atoms with Crippen LogP contribution in [0, 0.1) is 5.92 Å². The Kier molecular flexibility index (Phi) is 5.23. The second-order valence-corrected chi connectivity index (χ2v) is 6.86. The van der Waals surface area contributed by atoms with E-state index in [0.717, 1.165) is 12.1 Å². The number of aryl methyl sites for hydroxylation is 1. The van der Waals surface area contributed by atoms with E-state index in [1.54, 1.807) is 17.9 Å². The summed E-state index contributed by atoms with van der Waals surface area (Å²) in [5, 5.41) is 6.89. The van der Waals surface area contributed by atoms with Crippen LogP contribution < -0.4 is 9.50 Å². The molecule has 0 spiro atoms. The van der Waals surface area contributed by atoms with Crippen molar-refractivity contribution in [1.29, 1.82) is 0 Å². The average molecular weight is 383 g/mol. The zero-order valence-corrected chi connectivity index (χ0v) is 14.8. The number of rotatable bonds is 5. The summed E-state index contributed by atoms with van der Waals surface area (Å²) in [5.41, 5.74) is 1.26. The molecule has 1 saturated heterocycles. The van der Waals surface area contributed by atoms with Gasteiger partial charge in [0.05, 0.1) is 11.6 Å². The van der Waals surface area contributed by atoms with Gasteiger partial charge in [-0.15, -0.1) is 0 Å². The van der Waals surface area contributed by atoms with E-state index < -0.39 is 16.6 Å². The summed E-state index contributed by atoms with van der Waals surface area (Å²) in [6.45, 7) is 0.573. The van der Waals surface area contributed by atoms with E-state index >= 15 is 0 Å². The van der Waals surface area contributed by atoms with Gasteiger partial charge >= 0.3 is 10.5 Å². The van der Waals surface area contributed by atoms with Gasteiger partial charge < -0.3 is 14.2 Å². The van der Waals surface area contributed by atoms with Gasteiger partial charge in [0.25, 0.3) is 0 Å². The Morgan fingerprint density at radius 2 is 2.08 bits per heavy atom. The maximum Gasteiger partial charge on any atom is 0.488 e. The van der Waals surface area contributed by atoms with Gasteiger partial charge in [0.1, 0.15) is 11.9 Å². The Morgan fingerprint density at radius 3 is 2.69 bits per heavy atom. The predicted octanol–water partition coefficient (Wildman–Crippen LogP) is 2.12. The van der Waals surface area contributed by atoms with Crippen molar-refractivity contribution < 1.29 is 26.0 Å². The fourth-order valence-corrected chi connectivity index (χ4v) is 3.29. The van der Waals surface area contributed by atoms with E-state index in [4.69, 9.17) is 4.74 Å². The van der Waals surface area contributed by atoms with Crippen LogP contribution in [-0.2, 0) is 27.1 Å². The van der Waals surface area contributed by atoms with Crippen molar-refractivity contribution in [3.05, 3.63) is 42.2 Å². The standard InChI is InChI=1S/C16H18FN3O5S/c1-20-14(8-9-18-20)15-13(3-2-10-24-15)16(21)19-11-4-6-12(7-5-11)25-26(17,22)23/h4-9,13,15H,2-3,10H2,1H3,(H,19,21)/t13-,15-/m1/s1. The first-order chi connectivity index (χ1) is 12.3. The van der Waals surface area contributed by atoms with Gasteiger partial charge in [-0.25, -0.2) is 0 Å². The van der Waals surface area contributed by atoms with Crippen LogP contribution in [-0.4, -0.2) is 30.7 Å². The zero-order valence-electron chi connectivity index (χ0n) is 14.0. The van der Waals surface area contributed by atoms with E-state index in [9.17, 15) is 17.1 Å². The van der Waals surface area contributed by atoms with E-state index in [0.29, 0.717) is 18.7 Å². The van der Waals surface area contributed by atoms with E-state index in [1.165, 1.54) is 24.3 Å². The van der Waals surface area contributed by atoms with Gasteiger partial charge in [-0.05, 0) is 43.2 Å². The SMILES string of the molecule is Cn1nccc1[C@@H]1OCCC[C@H]1C(=O)Nc1ccc(OS(=O)(=O)F)cc1. The molecule has 26 heavy (non-hydrogen) atoms. The van der Waals surface area contributed by atoms with Crippen molar-refractivity contribution in [2.45, 2.75) is 18.9 Å². The van der Waals surface area contributed by atoms with Gasteiger partial charge in [0.2, 0.25) is 5.91 Å². The second-order valence-electron chi connectivity index (χ2n) is 5.91. The summed E-state index contributed by atoms with van der Waals surface area (Å²) < 4.78 is 45.0. The van der Waals surface area contributed by atoms with Gasteiger partial charge in [-0.3, -0.25) is 9.48 Å². The molecule has 1 aromatic carbocycles. The molecule has 1 amide bonds. The molecular weight excluding hydrogens is 365 g/mol. The molecule has 1 fully saturated rings. The molecule has 0 radical (unpaired) electrons. The van der Waals surface area contributed by atoms with Gasteiger partial charge in [-0.2, -0.15) is 13.5 Å². The summed E-state index contributed by atoms with van der Waals surface area (Å²) in [5.74, 6) is -0.789. The number of nitrogens with one attached hydrogen (secondary N) is 1. The van der Waals surface area contributed by atoms with Crippen LogP contribution in [0.2, 0.25) is 0 Å². The first-order valence-electron chi connectivity index (χ1n) is 7.98. The van der Waals surface area contributed by atoms with Gasteiger partial charge in [0, 0.05) is 25.5 Å². The van der Waals surface area contributed by atoms with Crippen LogP contribution in [0.25, 0.3) is 0 Å². The minimum Gasteiger partial charge on any atom is -0.371 e. The van der Waals surface area contributed by atoms with E-state index in [-0.39, 0.29) is 17.6 Å². The predicted molar refractivity (Wildman–Crippen MR) is 90.4 cm³/mol. The van der Waals surface area contributed by atoms with Crippen molar-refractivity contribution >= 4 is 22.1 Å². The van der Waals surface area contributed by atoms with Crippen molar-refractivity contribution in [3.63, 3.8) is 0 Å². The molecule has 140 valence electrons. The Labute approximate surface area is 150 Å². The van der Waals surface area contributed by atoms with Crippen LogP contribution >= 0.6 is 0 Å². The first-order valence-corrected chi connectivity index (χ1v) is 9.29. The Balaban J connectivity index is 1.71. The maximum atomic E-state index is 12.7. The molecule has 0 unspecified atom stereocenters. The fraction of sp³-hybridized carbons (Fsp3) is 0.375. The van der Waals surface area contributed by atoms with Crippen LogP contribution in [0.4, 0.5) is 9.57 Å². The molecule has 8 nitrogen and oxygen atoms in total. The summed E-state index contributed by atoms with van der Waals surface area (Å²) in [4.78, 5) is 12.7. The lowest BCUT2D eigenvalue weighted by Crippen LogP contribution is -2.34. The lowest BCUT2D eigenvalue weighted by atomic mass is 9.91. The molecule has 2 aromatic rings. The number of halogens is 1. The molecule has 0 bridgehead atoms. The van der Waals surface area contributed by atoms with Crippen molar-refractivity contribution in [2.75, 3.05) is 11.9 Å². The number of anilines is 1. The summed E-state index contributed by atoms with van der Waals surface area (Å²) in [6, 6.07) is 7.19. The number of nitrogens with zero attached hydrogens (tertiary/aromatic N) is 2. The third-order valence-corrected chi connectivity index (χ3v) is 4.52. The molecule has 1 N–H and O–H groups in total. The number of benzene rings is 1. The number of carbonyl (C=O) groups is 1. The third kappa shape index (κ3) is 4.38. The normalized spacial score (nSPS) is 20.5. The van der Waals surface area contributed by atoms with Crippen LogP contribution in [0.15, 0.2) is 36.5 Å². The monoisotopic (exact) mass is 383 g/mol. The van der Waals surface area contributed by atoms with Crippen molar-refractivity contribution in [1.82, 2.24) is 9.78 Å². The zero-order chi connectivity index (χ0) is 18.7. The number of carbonyl (C=O) groups excluding carboxylic acids is 1. The minimum absolute atomic E-state index is 0.181. The third-order valence-electron chi connectivity index (χ3n) is 4.13. The highest BCUT2D eigenvalue weighted by molar-refractivity contribution is 7.81. The summed E-state index contributed by atoms with van der Waals surface area (Å²) >= 11 is 0. The van der Waals surface area contributed by atoms with E-state index in [2.05, 4.69) is 14.6 Å². The largest absolute Gasteiger partial charge is 0.488 e. The molecule has 1 aliphatic heterocycles. The topological polar surface area (TPSA) is 99.5 Å². The molecule has 1 aromatic heterocycles. The van der Waals surface area contributed by atoms with Crippen molar-refractivity contribution in [2.24, 2.45) is 13.0 Å². The highest BCUT2D eigenvalue weighted by Crippen LogP contribution is 2.34. The Morgan fingerprint density at radius 1 is 1.35 bits per heavy atom. The number of hydrogen-bond donors (Lipinski definition) is 1. The lowest BCUT2D eigenvalue weighted by molar-refractivity contribution is -0.129. The lowest BCUT2D eigenvalue weighted by Gasteiger charge is -2.30. The van der Waals surface area contributed by atoms with Crippen LogP contribution in [0.5, 0.6) is 5.75 Å². The maximum absolute atomic E-state index is 12.7. The first kappa shape index (κ1) is 18.3. The molecular formula is C16H18FN3O5S. The van der Waals surface area contributed by atoms with Crippen molar-refractivity contribution in [3.8, 4) is 5.75 Å². The molecule has 3 rings (SSSR count). The Hall–Kier alpha value is -2.46. The fourth-order valence-electron chi connectivity index (χ4n) is 2.95. The molecule has 2 heterocycles. The molecule has 0 saturated carbocycles. The van der Waals surface area contributed by atoms with Crippen LogP contribution in [0.1, 0.15) is 24.6 Å². The summed E-state index contributed by atoms with van der Waals surface area (Å²) in [6.07, 6.45) is 2.70. The quantitative estimate of drug-likeness (QED) is 0.794. The number of aromatic nitrogens is 2. The molecule has 1 aliphatic rings. The Bertz CT molecular complexity index is 882. The summed E-state index contributed by atoms with van der Waals surface area (Å²) in [7, 11) is -3.29. The highest BCUT2D eigenvalue weighted by Gasteiger charge is 2.34. The van der Waals surface area contributed by atoms with Gasteiger partial charge in [-0.1, -0.05) is 3.89 Å². The smallest absolute Gasteiger partial charge is 0.371 e. The second kappa shape index (κ2) is 7.42. The number of hydrogen-bond acceptors (Lipinski definition) is 6. The average Bonchev–Trinajstić information content (AvgIpc) is 3.01. The van der Waals surface area contributed by atoms with E-state index in [1.807, 2.05) is 6.07 Å². The minimum atomic E-state index is -5.08.